The van der Waals surface area contributed by atoms with E-state index in [1.54, 1.807) is 12.1 Å². The van der Waals surface area contributed by atoms with Crippen LogP contribution in [-0.4, -0.2) is 20.1 Å². The molecule has 2 aromatic carbocycles. The minimum absolute atomic E-state index is 0.124. The molecule has 0 saturated carbocycles. The third kappa shape index (κ3) is 2.70. The number of phenols is 1. The zero-order chi connectivity index (χ0) is 14.8. The van der Waals surface area contributed by atoms with E-state index < -0.39 is 9.84 Å². The molecule has 0 amide bonds. The summed E-state index contributed by atoms with van der Waals surface area (Å²) in [7, 11) is -3.75. The lowest BCUT2D eigenvalue weighted by molar-refractivity contribution is 0.459. The van der Waals surface area contributed by atoms with E-state index in [0.717, 1.165) is 12.2 Å². The van der Waals surface area contributed by atoms with Crippen molar-refractivity contribution in [1.29, 1.82) is 0 Å². The summed E-state index contributed by atoms with van der Waals surface area (Å²) in [6.07, 6.45) is 0. The predicted octanol–water partition coefficient (Wildman–Crippen LogP) is 2.24. The Bertz CT molecular complexity index is 710. The first kappa shape index (κ1) is 14.2. The van der Waals surface area contributed by atoms with Crippen LogP contribution in [-0.2, 0) is 9.84 Å². The number of anilines is 2. The highest BCUT2D eigenvalue weighted by atomic mass is 32.2. The lowest BCUT2D eigenvalue weighted by Crippen LogP contribution is -2.03. The topological polar surface area (TPSA) is 92.4 Å². The molecule has 0 saturated heterocycles. The summed E-state index contributed by atoms with van der Waals surface area (Å²) in [6, 6.07) is 10.3. The zero-order valence-corrected chi connectivity index (χ0v) is 11.8. The molecule has 0 aliphatic rings. The van der Waals surface area contributed by atoms with E-state index >= 15 is 0 Å². The molecule has 106 valence electrons. The Morgan fingerprint density at radius 3 is 2.35 bits per heavy atom. The number of hydrogen-bond donors (Lipinski definition) is 3. The predicted molar refractivity (Wildman–Crippen MR) is 78.6 cm³/mol. The largest absolute Gasteiger partial charge is 0.506 e. The highest BCUT2D eigenvalue weighted by molar-refractivity contribution is 7.91. The molecule has 0 radical (unpaired) electrons. The van der Waals surface area contributed by atoms with Gasteiger partial charge >= 0.3 is 0 Å². The van der Waals surface area contributed by atoms with Crippen LogP contribution in [0.2, 0.25) is 0 Å². The molecule has 0 atom stereocenters. The Kier molecular flexibility index (Phi) is 3.85. The van der Waals surface area contributed by atoms with Crippen LogP contribution in [0.4, 0.5) is 11.4 Å². The summed E-state index contributed by atoms with van der Waals surface area (Å²) in [5, 5.41) is 12.8. The van der Waals surface area contributed by atoms with Gasteiger partial charge in [-0.2, -0.15) is 0 Å². The average Bonchev–Trinajstić information content (AvgIpc) is 2.39. The van der Waals surface area contributed by atoms with Crippen LogP contribution >= 0.6 is 0 Å². The molecule has 20 heavy (non-hydrogen) atoms. The number of nitrogen functional groups attached to an aromatic ring is 1. The number of nitrogens with one attached hydrogen (secondary N) is 1. The second-order valence-electron chi connectivity index (χ2n) is 4.29. The first-order chi connectivity index (χ1) is 9.45. The van der Waals surface area contributed by atoms with Crippen LogP contribution in [0.15, 0.2) is 52.3 Å². The Morgan fingerprint density at radius 1 is 1.15 bits per heavy atom. The first-order valence-electron chi connectivity index (χ1n) is 6.12. The summed E-state index contributed by atoms with van der Waals surface area (Å²) >= 11 is 0. The van der Waals surface area contributed by atoms with Gasteiger partial charge in [0, 0.05) is 24.0 Å². The number of rotatable bonds is 4. The van der Waals surface area contributed by atoms with E-state index in [1.165, 1.54) is 30.3 Å². The van der Waals surface area contributed by atoms with Crippen LogP contribution in [0, 0.1) is 0 Å². The molecule has 2 rings (SSSR count). The second-order valence-corrected chi connectivity index (χ2v) is 6.20. The van der Waals surface area contributed by atoms with E-state index in [0.29, 0.717) is 5.69 Å². The summed E-state index contributed by atoms with van der Waals surface area (Å²) < 4.78 is 24.8. The standard InChI is InChI=1S/C14H16N2O3S/c1-2-16-11-4-6-12(7-5-11)20(18,19)14-8-3-10(15)9-13(14)17/h3-9,16-17H,2,15H2,1H3. The van der Waals surface area contributed by atoms with Gasteiger partial charge in [0.2, 0.25) is 9.84 Å². The molecule has 5 nitrogen and oxygen atoms in total. The smallest absolute Gasteiger partial charge is 0.210 e. The van der Waals surface area contributed by atoms with Crippen LogP contribution in [0.1, 0.15) is 6.92 Å². The van der Waals surface area contributed by atoms with E-state index in [4.69, 9.17) is 5.73 Å². The normalized spacial score (nSPS) is 11.2. The number of benzene rings is 2. The minimum Gasteiger partial charge on any atom is -0.506 e. The SMILES string of the molecule is CCNc1ccc(S(=O)(=O)c2ccc(N)cc2O)cc1. The highest BCUT2D eigenvalue weighted by Gasteiger charge is 2.21. The van der Waals surface area contributed by atoms with E-state index in [9.17, 15) is 13.5 Å². The monoisotopic (exact) mass is 292 g/mol. The van der Waals surface area contributed by atoms with Crippen LogP contribution in [0.25, 0.3) is 0 Å². The van der Waals surface area contributed by atoms with Crippen molar-refractivity contribution in [3.8, 4) is 5.75 Å². The third-order valence-electron chi connectivity index (χ3n) is 2.82. The molecule has 4 N–H and O–H groups in total. The van der Waals surface area contributed by atoms with Gasteiger partial charge in [0.05, 0.1) is 4.90 Å². The van der Waals surface area contributed by atoms with Crippen molar-refractivity contribution in [1.82, 2.24) is 0 Å². The molecule has 0 bridgehead atoms. The van der Waals surface area contributed by atoms with Crippen LogP contribution in [0.3, 0.4) is 0 Å². The Balaban J connectivity index is 2.44. The fraction of sp³-hybridized carbons (Fsp3) is 0.143. The maximum Gasteiger partial charge on any atom is 0.210 e. The highest BCUT2D eigenvalue weighted by Crippen LogP contribution is 2.30. The number of phenolic OH excluding ortho intramolecular Hbond substituents is 1. The average molecular weight is 292 g/mol. The van der Waals surface area contributed by atoms with Crippen LogP contribution in [0.5, 0.6) is 5.75 Å². The van der Waals surface area contributed by atoms with Crippen LogP contribution < -0.4 is 11.1 Å². The third-order valence-corrected chi connectivity index (χ3v) is 4.64. The lowest BCUT2D eigenvalue weighted by Gasteiger charge is -2.09. The molecule has 0 spiro atoms. The van der Waals surface area contributed by atoms with Crippen molar-refractivity contribution in [2.45, 2.75) is 16.7 Å². The van der Waals surface area contributed by atoms with Gasteiger partial charge in [-0.25, -0.2) is 8.42 Å². The van der Waals surface area contributed by atoms with Gasteiger partial charge in [-0.05, 0) is 43.3 Å². The number of nitrogens with two attached hydrogens (primary N) is 1. The molecule has 6 heteroatoms. The van der Waals surface area contributed by atoms with Crippen molar-refractivity contribution >= 4 is 21.2 Å². The molecule has 0 aliphatic heterocycles. The zero-order valence-electron chi connectivity index (χ0n) is 11.0. The summed E-state index contributed by atoms with van der Waals surface area (Å²) in [6.45, 7) is 2.71. The van der Waals surface area contributed by atoms with Crippen molar-refractivity contribution < 1.29 is 13.5 Å². The van der Waals surface area contributed by atoms with Gasteiger partial charge in [-0.15, -0.1) is 0 Å². The second kappa shape index (κ2) is 5.42. The number of aromatic hydroxyl groups is 1. The summed E-state index contributed by atoms with van der Waals surface area (Å²) in [5.41, 5.74) is 6.65. The van der Waals surface area contributed by atoms with Gasteiger partial charge in [-0.1, -0.05) is 0 Å². The molecule has 0 heterocycles. The molecule has 0 aliphatic carbocycles. The lowest BCUT2D eigenvalue weighted by atomic mass is 10.3. The molecular weight excluding hydrogens is 276 g/mol. The van der Waals surface area contributed by atoms with E-state index in [1.807, 2.05) is 6.92 Å². The summed E-state index contributed by atoms with van der Waals surface area (Å²) in [4.78, 5) is -0.0258. The van der Waals surface area contributed by atoms with Crippen molar-refractivity contribution in [3.05, 3.63) is 42.5 Å². The fourth-order valence-corrected chi connectivity index (χ4v) is 3.17. The van der Waals surface area contributed by atoms with Crippen molar-refractivity contribution in [2.24, 2.45) is 0 Å². The Labute approximate surface area is 118 Å². The Hall–Kier alpha value is -2.21. The first-order valence-corrected chi connectivity index (χ1v) is 7.61. The number of sulfone groups is 1. The van der Waals surface area contributed by atoms with Gasteiger partial charge in [0.15, 0.2) is 0 Å². The molecule has 2 aromatic rings. The maximum atomic E-state index is 12.4. The van der Waals surface area contributed by atoms with Gasteiger partial charge in [0.1, 0.15) is 10.6 Å². The molecule has 0 aromatic heterocycles. The van der Waals surface area contributed by atoms with Gasteiger partial charge < -0.3 is 16.2 Å². The maximum absolute atomic E-state index is 12.4. The van der Waals surface area contributed by atoms with Crippen molar-refractivity contribution in [2.75, 3.05) is 17.6 Å². The fourth-order valence-electron chi connectivity index (χ4n) is 1.84. The van der Waals surface area contributed by atoms with Gasteiger partial charge in [0.25, 0.3) is 0 Å². The molecule has 0 fully saturated rings. The van der Waals surface area contributed by atoms with E-state index in [-0.39, 0.29) is 15.5 Å². The van der Waals surface area contributed by atoms with E-state index in [2.05, 4.69) is 5.32 Å². The summed E-state index contributed by atoms with van der Waals surface area (Å²) in [5.74, 6) is -0.347. The van der Waals surface area contributed by atoms with Gasteiger partial charge in [-0.3, -0.25) is 0 Å². The quantitative estimate of drug-likeness (QED) is 0.752. The number of hydrogen-bond acceptors (Lipinski definition) is 5. The minimum atomic E-state index is -3.75. The molecular formula is C14H16N2O3S. The van der Waals surface area contributed by atoms with Crippen molar-refractivity contribution in [3.63, 3.8) is 0 Å². The Morgan fingerprint density at radius 2 is 1.80 bits per heavy atom. The molecule has 0 unspecified atom stereocenters.